The maximum absolute atomic E-state index is 10.9. The van der Waals surface area contributed by atoms with Crippen molar-refractivity contribution < 1.29 is 9.53 Å². The van der Waals surface area contributed by atoms with E-state index in [0.717, 1.165) is 5.33 Å². The van der Waals surface area contributed by atoms with E-state index in [1.54, 1.807) is 0 Å². The number of hydrogen-bond acceptors (Lipinski definition) is 2. The van der Waals surface area contributed by atoms with Gasteiger partial charge in [0, 0.05) is 11.9 Å². The Kier molecular flexibility index (Phi) is 7.48. The van der Waals surface area contributed by atoms with E-state index in [0.29, 0.717) is 6.54 Å². The number of carbonyl (C=O) groups excluding carboxylic acids is 1. The van der Waals surface area contributed by atoms with E-state index in [4.69, 9.17) is 4.74 Å². The van der Waals surface area contributed by atoms with Crippen molar-refractivity contribution in [1.29, 1.82) is 0 Å². The molecule has 0 saturated carbocycles. The molecule has 74 valence electrons. The molecule has 0 spiro atoms. The largest absolute Gasteiger partial charge is 0.444 e. The molecule has 4 heteroatoms. The molecular weight excluding hydrogens is 222 g/mol. The Morgan fingerprint density at radius 2 is 2.00 bits per heavy atom. The molecule has 1 amide bonds. The van der Waals surface area contributed by atoms with Gasteiger partial charge in [0.2, 0.25) is 0 Å². The highest BCUT2D eigenvalue weighted by atomic mass is 79.9. The Bertz CT molecular complexity index is 132. The van der Waals surface area contributed by atoms with Gasteiger partial charge in [0.25, 0.3) is 0 Å². The molecule has 3 nitrogen and oxygen atoms in total. The quantitative estimate of drug-likeness (QED) is 0.753. The van der Waals surface area contributed by atoms with E-state index in [1.807, 2.05) is 20.8 Å². The van der Waals surface area contributed by atoms with Crippen LogP contribution in [0.2, 0.25) is 0 Å². The topological polar surface area (TPSA) is 38.3 Å². The first-order valence-corrected chi connectivity index (χ1v) is 4.60. The Balaban J connectivity index is 0. The average Bonchev–Trinajstić information content (AvgIpc) is 1.79. The number of rotatable bonds is 2. The highest BCUT2D eigenvalue weighted by Gasteiger charge is 2.14. The highest BCUT2D eigenvalue weighted by Crippen LogP contribution is 2.05. The lowest BCUT2D eigenvalue weighted by atomic mass is 10.2. The van der Waals surface area contributed by atoms with Gasteiger partial charge in [0.05, 0.1) is 0 Å². The summed E-state index contributed by atoms with van der Waals surface area (Å²) in [5, 5.41) is 3.32. The molecule has 0 radical (unpaired) electrons. The van der Waals surface area contributed by atoms with Crippen LogP contribution >= 0.6 is 15.9 Å². The van der Waals surface area contributed by atoms with Crippen molar-refractivity contribution in [2.45, 2.75) is 33.8 Å². The molecule has 0 atom stereocenters. The third kappa shape index (κ3) is 9.75. The van der Waals surface area contributed by atoms with Crippen molar-refractivity contribution in [2.75, 3.05) is 11.9 Å². The van der Waals surface area contributed by atoms with Crippen LogP contribution in [0.4, 0.5) is 4.79 Å². The van der Waals surface area contributed by atoms with Crippen LogP contribution in [0.1, 0.15) is 28.2 Å². The second-order valence-electron chi connectivity index (χ2n) is 3.12. The average molecular weight is 240 g/mol. The van der Waals surface area contributed by atoms with Crippen LogP contribution in [-0.4, -0.2) is 23.6 Å². The molecule has 0 aromatic rings. The molecular formula is C8H18BrNO2. The van der Waals surface area contributed by atoms with Gasteiger partial charge >= 0.3 is 6.09 Å². The van der Waals surface area contributed by atoms with Crippen LogP contribution in [0.3, 0.4) is 0 Å². The number of halogens is 1. The van der Waals surface area contributed by atoms with E-state index in [2.05, 4.69) is 21.2 Å². The molecule has 0 aliphatic carbocycles. The van der Waals surface area contributed by atoms with Crippen molar-refractivity contribution >= 4 is 22.0 Å². The minimum absolute atomic E-state index is 0. The molecule has 0 heterocycles. The minimum Gasteiger partial charge on any atom is -0.444 e. The van der Waals surface area contributed by atoms with Gasteiger partial charge in [-0.25, -0.2) is 4.79 Å². The predicted octanol–water partition coefficient (Wildman–Crippen LogP) is 2.54. The van der Waals surface area contributed by atoms with Gasteiger partial charge < -0.3 is 10.1 Å². The lowest BCUT2D eigenvalue weighted by molar-refractivity contribution is 0.0531. The second kappa shape index (κ2) is 6.29. The molecule has 0 saturated heterocycles. The predicted molar refractivity (Wildman–Crippen MR) is 54.8 cm³/mol. The third-order valence-electron chi connectivity index (χ3n) is 0.763. The zero-order chi connectivity index (χ0) is 8.91. The summed E-state index contributed by atoms with van der Waals surface area (Å²) < 4.78 is 4.97. The lowest BCUT2D eigenvalue weighted by Gasteiger charge is -2.19. The number of carbonyl (C=O) groups is 1. The fraction of sp³-hybridized carbons (Fsp3) is 0.875. The smallest absolute Gasteiger partial charge is 0.407 e. The van der Waals surface area contributed by atoms with Gasteiger partial charge in [0.1, 0.15) is 5.60 Å². The summed E-state index contributed by atoms with van der Waals surface area (Å²) in [6.45, 7) is 6.09. The van der Waals surface area contributed by atoms with Crippen LogP contribution in [0.15, 0.2) is 0 Å². The van der Waals surface area contributed by atoms with Crippen LogP contribution in [0, 0.1) is 0 Å². The lowest BCUT2D eigenvalue weighted by Crippen LogP contribution is -2.33. The highest BCUT2D eigenvalue weighted by molar-refractivity contribution is 9.09. The Hall–Kier alpha value is -0.250. The molecule has 0 aromatic heterocycles. The second-order valence-corrected chi connectivity index (χ2v) is 3.91. The summed E-state index contributed by atoms with van der Waals surface area (Å²) in [5.74, 6) is 0. The SMILES string of the molecule is C.CC(C)(C)OC(=O)NCCBr. The standard InChI is InChI=1S/C7H14BrNO2.CH4/c1-7(2,3)11-6(10)9-5-4-8;/h4-5H2,1-3H3,(H,9,10);1H4. The first-order valence-electron chi connectivity index (χ1n) is 3.48. The minimum atomic E-state index is -0.406. The van der Waals surface area contributed by atoms with Crippen molar-refractivity contribution in [3.63, 3.8) is 0 Å². The van der Waals surface area contributed by atoms with E-state index in [9.17, 15) is 4.79 Å². The Labute approximate surface area is 83.0 Å². The van der Waals surface area contributed by atoms with Gasteiger partial charge in [-0.05, 0) is 20.8 Å². The van der Waals surface area contributed by atoms with Gasteiger partial charge in [-0.3, -0.25) is 0 Å². The molecule has 0 bridgehead atoms. The van der Waals surface area contributed by atoms with Crippen molar-refractivity contribution in [1.82, 2.24) is 5.32 Å². The summed E-state index contributed by atoms with van der Waals surface area (Å²) in [6.07, 6.45) is -0.364. The molecule has 0 rings (SSSR count). The molecule has 1 N–H and O–H groups in total. The molecule has 12 heavy (non-hydrogen) atoms. The summed E-state index contributed by atoms with van der Waals surface area (Å²) in [6, 6.07) is 0. The van der Waals surface area contributed by atoms with Gasteiger partial charge in [-0.2, -0.15) is 0 Å². The third-order valence-corrected chi connectivity index (χ3v) is 1.16. The van der Waals surface area contributed by atoms with Crippen molar-refractivity contribution in [3.05, 3.63) is 0 Å². The number of alkyl carbamates (subject to hydrolysis) is 1. The maximum Gasteiger partial charge on any atom is 0.407 e. The Morgan fingerprint density at radius 1 is 1.50 bits per heavy atom. The fourth-order valence-corrected chi connectivity index (χ4v) is 0.662. The number of hydrogen-bond donors (Lipinski definition) is 1. The van der Waals surface area contributed by atoms with Gasteiger partial charge in [-0.1, -0.05) is 23.4 Å². The number of alkyl halides is 1. The zero-order valence-corrected chi connectivity index (χ0v) is 8.69. The fourth-order valence-electron chi connectivity index (χ4n) is 0.463. The van der Waals surface area contributed by atoms with E-state index < -0.39 is 5.60 Å². The molecule has 0 aliphatic heterocycles. The maximum atomic E-state index is 10.9. The summed E-state index contributed by atoms with van der Waals surface area (Å²) in [5.41, 5.74) is -0.406. The first kappa shape index (κ1) is 14.3. The normalized spacial score (nSPS) is 10.0. The van der Waals surface area contributed by atoms with Gasteiger partial charge in [0.15, 0.2) is 0 Å². The molecule has 0 aliphatic rings. The van der Waals surface area contributed by atoms with Gasteiger partial charge in [-0.15, -0.1) is 0 Å². The van der Waals surface area contributed by atoms with Crippen LogP contribution in [0.25, 0.3) is 0 Å². The van der Waals surface area contributed by atoms with E-state index >= 15 is 0 Å². The van der Waals surface area contributed by atoms with E-state index in [-0.39, 0.29) is 13.5 Å². The molecule has 0 aromatic carbocycles. The van der Waals surface area contributed by atoms with Crippen molar-refractivity contribution in [3.8, 4) is 0 Å². The van der Waals surface area contributed by atoms with Crippen LogP contribution in [-0.2, 0) is 4.74 Å². The number of amides is 1. The van der Waals surface area contributed by atoms with E-state index in [1.165, 1.54) is 0 Å². The van der Waals surface area contributed by atoms with Crippen molar-refractivity contribution in [2.24, 2.45) is 0 Å². The Morgan fingerprint density at radius 3 is 2.33 bits per heavy atom. The van der Waals surface area contributed by atoms with Crippen LogP contribution < -0.4 is 5.32 Å². The zero-order valence-electron chi connectivity index (χ0n) is 7.11. The summed E-state index contributed by atoms with van der Waals surface area (Å²) >= 11 is 3.19. The number of ether oxygens (including phenoxy) is 1. The molecule has 0 fully saturated rings. The summed E-state index contributed by atoms with van der Waals surface area (Å²) in [7, 11) is 0. The monoisotopic (exact) mass is 239 g/mol. The summed E-state index contributed by atoms with van der Waals surface area (Å²) in [4.78, 5) is 10.9. The molecule has 0 unspecified atom stereocenters. The van der Waals surface area contributed by atoms with Crippen LogP contribution in [0.5, 0.6) is 0 Å². The number of nitrogens with one attached hydrogen (secondary N) is 1. The first-order chi connectivity index (χ1) is 4.95.